The number of benzene rings is 1. The minimum absolute atomic E-state index is 0.0261. The predicted octanol–water partition coefficient (Wildman–Crippen LogP) is 2.33. The van der Waals surface area contributed by atoms with Crippen molar-refractivity contribution >= 4 is 0 Å². The number of nitrogens with one attached hydrogen (secondary N) is 1. The number of aromatic nitrogens is 2. The van der Waals surface area contributed by atoms with Crippen LogP contribution in [0.4, 0.5) is 0 Å². The summed E-state index contributed by atoms with van der Waals surface area (Å²) in [6, 6.07) is 12.6. The van der Waals surface area contributed by atoms with Crippen molar-refractivity contribution in [1.29, 1.82) is 0 Å². The van der Waals surface area contributed by atoms with Crippen LogP contribution in [0.15, 0.2) is 42.6 Å². The largest absolute Gasteiger partial charge is 0.375 e. The van der Waals surface area contributed by atoms with Gasteiger partial charge in [-0.2, -0.15) is 5.10 Å². The normalized spacial score (nSPS) is 14.2. The van der Waals surface area contributed by atoms with E-state index in [9.17, 15) is 0 Å². The van der Waals surface area contributed by atoms with Crippen molar-refractivity contribution in [1.82, 2.24) is 15.1 Å². The van der Waals surface area contributed by atoms with Crippen molar-refractivity contribution in [3.05, 3.63) is 53.9 Å². The van der Waals surface area contributed by atoms with Gasteiger partial charge in [0.15, 0.2) is 0 Å². The third kappa shape index (κ3) is 3.68. The number of methoxy groups -OCH3 is 1. The average Bonchev–Trinajstić information content (AvgIpc) is 2.86. The summed E-state index contributed by atoms with van der Waals surface area (Å²) in [5.74, 6) is 0. The van der Waals surface area contributed by atoms with Gasteiger partial charge in [-0.05, 0) is 18.2 Å². The molecule has 4 heteroatoms. The van der Waals surface area contributed by atoms with Crippen LogP contribution in [0.2, 0.25) is 0 Å². The van der Waals surface area contributed by atoms with E-state index in [0.717, 1.165) is 18.7 Å². The Labute approximate surface area is 120 Å². The highest BCUT2D eigenvalue weighted by atomic mass is 16.5. The molecular weight excluding hydrogens is 250 g/mol. The van der Waals surface area contributed by atoms with Gasteiger partial charge in [0, 0.05) is 32.8 Å². The van der Waals surface area contributed by atoms with Gasteiger partial charge < -0.3 is 10.1 Å². The van der Waals surface area contributed by atoms with Crippen LogP contribution in [-0.4, -0.2) is 29.5 Å². The number of likely N-dealkylation sites (N-methyl/N-ethyl adjacent to an activating group) is 1. The molecule has 1 heterocycles. The van der Waals surface area contributed by atoms with E-state index in [2.05, 4.69) is 35.5 Å². The molecule has 2 unspecified atom stereocenters. The number of hydrogen-bond acceptors (Lipinski definition) is 3. The molecule has 0 fully saturated rings. The second kappa shape index (κ2) is 7.22. The van der Waals surface area contributed by atoms with Gasteiger partial charge in [-0.1, -0.05) is 37.3 Å². The van der Waals surface area contributed by atoms with E-state index in [4.69, 9.17) is 4.74 Å². The molecule has 1 aromatic heterocycles. The molecule has 0 aliphatic carbocycles. The Morgan fingerprint density at radius 2 is 2.00 bits per heavy atom. The number of nitrogens with zero attached hydrogens (tertiary/aromatic N) is 2. The second-order valence-corrected chi connectivity index (χ2v) is 4.92. The van der Waals surface area contributed by atoms with Gasteiger partial charge in [0.2, 0.25) is 0 Å². The Balaban J connectivity index is 2.17. The van der Waals surface area contributed by atoms with Crippen molar-refractivity contribution in [2.24, 2.45) is 7.05 Å². The monoisotopic (exact) mass is 273 g/mol. The van der Waals surface area contributed by atoms with Crippen molar-refractivity contribution in [3.8, 4) is 0 Å². The summed E-state index contributed by atoms with van der Waals surface area (Å²) in [6.07, 6.45) is 2.85. The van der Waals surface area contributed by atoms with E-state index in [1.54, 1.807) is 7.11 Å². The summed E-state index contributed by atoms with van der Waals surface area (Å²) >= 11 is 0. The topological polar surface area (TPSA) is 39.1 Å². The first-order valence-corrected chi connectivity index (χ1v) is 7.04. The SMILES string of the molecule is CCNC(Cc1ccn(C)n1)C(OC)c1ccccc1. The summed E-state index contributed by atoms with van der Waals surface area (Å²) in [5, 5.41) is 7.98. The summed E-state index contributed by atoms with van der Waals surface area (Å²) in [6.45, 7) is 3.02. The fourth-order valence-corrected chi connectivity index (χ4v) is 2.52. The molecule has 0 saturated heterocycles. The van der Waals surface area contributed by atoms with Crippen LogP contribution in [0.5, 0.6) is 0 Å². The van der Waals surface area contributed by atoms with Gasteiger partial charge in [-0.3, -0.25) is 4.68 Å². The Morgan fingerprint density at radius 1 is 1.25 bits per heavy atom. The van der Waals surface area contributed by atoms with Gasteiger partial charge in [-0.25, -0.2) is 0 Å². The first-order valence-electron chi connectivity index (χ1n) is 7.04. The highest BCUT2D eigenvalue weighted by molar-refractivity contribution is 5.20. The Hall–Kier alpha value is -1.65. The summed E-state index contributed by atoms with van der Waals surface area (Å²) in [4.78, 5) is 0. The second-order valence-electron chi connectivity index (χ2n) is 4.92. The highest BCUT2D eigenvalue weighted by Gasteiger charge is 2.23. The fourth-order valence-electron chi connectivity index (χ4n) is 2.52. The molecule has 0 spiro atoms. The molecule has 20 heavy (non-hydrogen) atoms. The van der Waals surface area contributed by atoms with Gasteiger partial charge in [-0.15, -0.1) is 0 Å². The van der Waals surface area contributed by atoms with E-state index in [0.29, 0.717) is 0 Å². The Kier molecular flexibility index (Phi) is 5.32. The van der Waals surface area contributed by atoms with Gasteiger partial charge >= 0.3 is 0 Å². The third-order valence-corrected chi connectivity index (χ3v) is 3.41. The van der Waals surface area contributed by atoms with Gasteiger partial charge in [0.1, 0.15) is 0 Å². The van der Waals surface area contributed by atoms with Crippen molar-refractivity contribution < 1.29 is 4.74 Å². The molecule has 1 aromatic carbocycles. The van der Waals surface area contributed by atoms with Crippen LogP contribution in [0.3, 0.4) is 0 Å². The number of ether oxygens (including phenoxy) is 1. The van der Waals surface area contributed by atoms with E-state index in [1.807, 2.05) is 36.1 Å². The molecule has 0 aliphatic heterocycles. The molecule has 0 amide bonds. The molecule has 4 nitrogen and oxygen atoms in total. The van der Waals surface area contributed by atoms with E-state index < -0.39 is 0 Å². The summed E-state index contributed by atoms with van der Waals surface area (Å²) < 4.78 is 7.57. The van der Waals surface area contributed by atoms with Crippen molar-refractivity contribution in [2.75, 3.05) is 13.7 Å². The molecule has 0 bridgehead atoms. The van der Waals surface area contributed by atoms with E-state index in [-0.39, 0.29) is 12.1 Å². The van der Waals surface area contributed by atoms with Crippen LogP contribution in [0.1, 0.15) is 24.3 Å². The minimum Gasteiger partial charge on any atom is -0.375 e. The molecule has 108 valence electrons. The molecule has 0 aliphatic rings. The summed E-state index contributed by atoms with van der Waals surface area (Å²) in [5.41, 5.74) is 2.27. The Morgan fingerprint density at radius 3 is 2.55 bits per heavy atom. The lowest BCUT2D eigenvalue weighted by Crippen LogP contribution is -2.37. The molecular formula is C16H23N3O. The number of hydrogen-bond donors (Lipinski definition) is 1. The van der Waals surface area contributed by atoms with Crippen molar-refractivity contribution in [2.45, 2.75) is 25.5 Å². The van der Waals surface area contributed by atoms with Gasteiger partial charge in [0.25, 0.3) is 0 Å². The lowest BCUT2D eigenvalue weighted by molar-refractivity contribution is 0.0680. The lowest BCUT2D eigenvalue weighted by atomic mass is 9.98. The Bertz CT molecular complexity index is 509. The zero-order chi connectivity index (χ0) is 14.4. The zero-order valence-corrected chi connectivity index (χ0v) is 12.4. The maximum absolute atomic E-state index is 5.73. The zero-order valence-electron chi connectivity index (χ0n) is 12.4. The lowest BCUT2D eigenvalue weighted by Gasteiger charge is -2.26. The smallest absolute Gasteiger partial charge is 0.0977 e. The molecule has 0 radical (unpaired) electrons. The first kappa shape index (κ1) is 14.8. The van der Waals surface area contributed by atoms with Crippen molar-refractivity contribution in [3.63, 3.8) is 0 Å². The number of rotatable bonds is 7. The van der Waals surface area contributed by atoms with Crippen LogP contribution in [-0.2, 0) is 18.2 Å². The third-order valence-electron chi connectivity index (χ3n) is 3.41. The average molecular weight is 273 g/mol. The first-order chi connectivity index (χ1) is 9.74. The highest BCUT2D eigenvalue weighted by Crippen LogP contribution is 2.22. The van der Waals surface area contributed by atoms with E-state index in [1.165, 1.54) is 5.56 Å². The van der Waals surface area contributed by atoms with E-state index >= 15 is 0 Å². The quantitative estimate of drug-likeness (QED) is 0.841. The number of aryl methyl sites for hydroxylation is 1. The molecule has 2 aromatic rings. The maximum Gasteiger partial charge on any atom is 0.0977 e. The van der Waals surface area contributed by atoms with Crippen LogP contribution in [0, 0.1) is 0 Å². The molecule has 0 saturated carbocycles. The molecule has 2 rings (SSSR count). The summed E-state index contributed by atoms with van der Waals surface area (Å²) in [7, 11) is 3.71. The maximum atomic E-state index is 5.73. The van der Waals surface area contributed by atoms with Crippen LogP contribution in [0.25, 0.3) is 0 Å². The standard InChI is InChI=1S/C16H23N3O/c1-4-17-15(12-14-10-11-19(2)18-14)16(20-3)13-8-6-5-7-9-13/h5-11,15-17H,4,12H2,1-3H3. The predicted molar refractivity (Wildman–Crippen MR) is 80.6 cm³/mol. The van der Waals surface area contributed by atoms with Gasteiger partial charge in [0.05, 0.1) is 11.8 Å². The molecule has 2 atom stereocenters. The minimum atomic E-state index is 0.0261. The van der Waals surface area contributed by atoms with Crippen LogP contribution < -0.4 is 5.32 Å². The van der Waals surface area contributed by atoms with Crippen LogP contribution >= 0.6 is 0 Å². The molecule has 1 N–H and O–H groups in total. The fraction of sp³-hybridized carbons (Fsp3) is 0.438.